The van der Waals surface area contributed by atoms with Crippen LogP contribution in [0.15, 0.2) is 66.7 Å². The number of unbranched alkanes of at least 4 members (excludes halogenated alkanes) is 1. The van der Waals surface area contributed by atoms with E-state index >= 15 is 0 Å². The number of ether oxygens (including phenoxy) is 3. The number of hydrogen-bond donors (Lipinski definition) is 1. The van der Waals surface area contributed by atoms with Crippen LogP contribution in [0.4, 0.5) is 11.4 Å². The van der Waals surface area contributed by atoms with Crippen LogP contribution < -0.4 is 24.4 Å². The van der Waals surface area contributed by atoms with E-state index in [9.17, 15) is 9.59 Å². The number of methoxy groups -OCH3 is 2. The highest BCUT2D eigenvalue weighted by molar-refractivity contribution is 8.00. The molecule has 36 heavy (non-hydrogen) atoms. The second kappa shape index (κ2) is 11.9. The molecule has 3 aromatic rings. The minimum absolute atomic E-state index is 0.0340. The minimum atomic E-state index is -0.328. The van der Waals surface area contributed by atoms with Gasteiger partial charge in [-0.3, -0.25) is 14.5 Å². The van der Waals surface area contributed by atoms with Crippen molar-refractivity contribution in [2.75, 3.05) is 36.8 Å². The van der Waals surface area contributed by atoms with Crippen molar-refractivity contribution < 1.29 is 23.8 Å². The number of benzene rings is 3. The number of carbonyl (C=O) groups excluding carboxylic acids is 2. The normalized spacial score (nSPS) is 15.0. The third-order valence-electron chi connectivity index (χ3n) is 5.87. The molecule has 1 aliphatic heterocycles. The van der Waals surface area contributed by atoms with E-state index in [4.69, 9.17) is 14.2 Å². The van der Waals surface area contributed by atoms with E-state index in [1.54, 1.807) is 55.5 Å². The van der Waals surface area contributed by atoms with Crippen LogP contribution in [0.3, 0.4) is 0 Å². The van der Waals surface area contributed by atoms with Gasteiger partial charge in [0.2, 0.25) is 5.91 Å². The van der Waals surface area contributed by atoms with Crippen molar-refractivity contribution in [1.82, 2.24) is 0 Å². The first-order valence-electron chi connectivity index (χ1n) is 11.8. The van der Waals surface area contributed by atoms with Crippen LogP contribution in [0.2, 0.25) is 0 Å². The fraction of sp³-hybridized carbons (Fsp3) is 0.286. The molecular weight excluding hydrogens is 476 g/mol. The van der Waals surface area contributed by atoms with Crippen molar-refractivity contribution in [2.45, 2.75) is 25.1 Å². The third-order valence-corrected chi connectivity index (χ3v) is 7.07. The van der Waals surface area contributed by atoms with Crippen molar-refractivity contribution in [3.05, 3.63) is 77.9 Å². The summed E-state index contributed by atoms with van der Waals surface area (Å²) in [6.45, 7) is 2.77. The van der Waals surface area contributed by atoms with E-state index in [1.165, 1.54) is 11.8 Å². The Morgan fingerprint density at radius 3 is 2.50 bits per heavy atom. The number of hydrogen-bond acceptors (Lipinski definition) is 6. The highest BCUT2D eigenvalue weighted by atomic mass is 32.2. The lowest BCUT2D eigenvalue weighted by Crippen LogP contribution is -2.29. The maximum atomic E-state index is 13.1. The Morgan fingerprint density at radius 1 is 1.03 bits per heavy atom. The maximum absolute atomic E-state index is 13.1. The Kier molecular flexibility index (Phi) is 8.38. The number of thioether (sulfide) groups is 1. The minimum Gasteiger partial charge on any atom is -0.497 e. The molecule has 1 unspecified atom stereocenters. The Morgan fingerprint density at radius 2 is 1.78 bits per heavy atom. The number of nitrogens with one attached hydrogen (secondary N) is 1. The van der Waals surface area contributed by atoms with Gasteiger partial charge in [0.05, 0.1) is 32.3 Å². The Hall–Kier alpha value is -3.65. The predicted molar refractivity (Wildman–Crippen MR) is 143 cm³/mol. The van der Waals surface area contributed by atoms with Gasteiger partial charge in [-0.05, 0) is 48.9 Å². The molecule has 8 heteroatoms. The fourth-order valence-electron chi connectivity index (χ4n) is 3.96. The van der Waals surface area contributed by atoms with Crippen LogP contribution in [-0.4, -0.2) is 38.4 Å². The first-order chi connectivity index (χ1) is 17.5. The standard InChI is InChI=1S/C28H30N2O5S/c1-4-5-16-35-20-12-10-19(11-13-20)27(32)29-23-9-7-6-8-22(23)28-30(26(31)18-36-28)24-15-14-21(33-2)17-25(24)34-3/h6-15,17,28H,4-5,16,18H2,1-3H3,(H,29,32). The van der Waals surface area contributed by atoms with E-state index in [2.05, 4.69) is 12.2 Å². The molecule has 1 saturated heterocycles. The highest BCUT2D eigenvalue weighted by Gasteiger charge is 2.37. The average Bonchev–Trinajstić information content (AvgIpc) is 3.29. The molecule has 4 rings (SSSR count). The maximum Gasteiger partial charge on any atom is 0.255 e. The highest BCUT2D eigenvalue weighted by Crippen LogP contribution is 2.47. The van der Waals surface area contributed by atoms with Crippen molar-refractivity contribution in [3.63, 3.8) is 0 Å². The fourth-order valence-corrected chi connectivity index (χ4v) is 5.16. The summed E-state index contributed by atoms with van der Waals surface area (Å²) in [5.74, 6) is 1.98. The molecule has 7 nitrogen and oxygen atoms in total. The zero-order valence-corrected chi connectivity index (χ0v) is 21.5. The van der Waals surface area contributed by atoms with Crippen LogP contribution in [0.1, 0.15) is 41.1 Å². The van der Waals surface area contributed by atoms with Crippen LogP contribution >= 0.6 is 11.8 Å². The van der Waals surface area contributed by atoms with Gasteiger partial charge in [0, 0.05) is 22.9 Å². The second-order valence-electron chi connectivity index (χ2n) is 8.23. The molecule has 2 amide bonds. The summed E-state index contributed by atoms with van der Waals surface area (Å²) in [5, 5.41) is 2.70. The Balaban J connectivity index is 1.57. The first kappa shape index (κ1) is 25.4. The molecule has 1 N–H and O–H groups in total. The third kappa shape index (κ3) is 5.60. The zero-order chi connectivity index (χ0) is 25.5. The topological polar surface area (TPSA) is 77.1 Å². The molecule has 0 spiro atoms. The van der Waals surface area contributed by atoms with E-state index < -0.39 is 0 Å². The van der Waals surface area contributed by atoms with E-state index in [0.717, 1.165) is 24.2 Å². The number of nitrogens with zero attached hydrogens (tertiary/aromatic N) is 1. The number of carbonyl (C=O) groups is 2. The van der Waals surface area contributed by atoms with Gasteiger partial charge in [0.1, 0.15) is 22.6 Å². The van der Waals surface area contributed by atoms with E-state index in [-0.39, 0.29) is 17.2 Å². The Labute approximate surface area is 215 Å². The summed E-state index contributed by atoms with van der Waals surface area (Å²) in [6.07, 6.45) is 2.05. The molecule has 1 heterocycles. The van der Waals surface area contributed by atoms with Gasteiger partial charge >= 0.3 is 0 Å². The molecule has 1 fully saturated rings. The number of amides is 2. The number of rotatable bonds is 10. The lowest BCUT2D eigenvalue weighted by atomic mass is 10.1. The van der Waals surface area contributed by atoms with Crippen LogP contribution in [0.5, 0.6) is 17.2 Å². The van der Waals surface area contributed by atoms with Gasteiger partial charge in [-0.1, -0.05) is 31.5 Å². The zero-order valence-electron chi connectivity index (χ0n) is 20.7. The van der Waals surface area contributed by atoms with Gasteiger partial charge < -0.3 is 19.5 Å². The van der Waals surface area contributed by atoms with Gasteiger partial charge in [0.25, 0.3) is 5.91 Å². The van der Waals surface area contributed by atoms with Gasteiger partial charge in [-0.15, -0.1) is 11.8 Å². The molecule has 0 saturated carbocycles. The quantitative estimate of drug-likeness (QED) is 0.344. The summed E-state index contributed by atoms with van der Waals surface area (Å²) in [5.41, 5.74) is 2.66. The lowest BCUT2D eigenvalue weighted by molar-refractivity contribution is -0.115. The summed E-state index contributed by atoms with van der Waals surface area (Å²) in [4.78, 5) is 27.8. The smallest absolute Gasteiger partial charge is 0.255 e. The SMILES string of the molecule is CCCCOc1ccc(C(=O)Nc2ccccc2C2SCC(=O)N2c2ccc(OC)cc2OC)cc1. The number of para-hydroxylation sites is 1. The molecule has 1 aliphatic rings. The molecule has 0 aliphatic carbocycles. The second-order valence-corrected chi connectivity index (χ2v) is 9.30. The van der Waals surface area contributed by atoms with Gasteiger partial charge in [-0.2, -0.15) is 0 Å². The Bertz CT molecular complexity index is 1210. The predicted octanol–water partition coefficient (Wildman–Crippen LogP) is 5.91. The molecule has 1 atom stereocenters. The summed E-state index contributed by atoms with van der Waals surface area (Å²) in [7, 11) is 3.15. The summed E-state index contributed by atoms with van der Waals surface area (Å²) >= 11 is 1.51. The van der Waals surface area contributed by atoms with E-state index in [1.807, 2.05) is 30.3 Å². The largest absolute Gasteiger partial charge is 0.497 e. The van der Waals surface area contributed by atoms with Gasteiger partial charge in [-0.25, -0.2) is 0 Å². The van der Waals surface area contributed by atoms with Crippen LogP contribution in [0.25, 0.3) is 0 Å². The monoisotopic (exact) mass is 506 g/mol. The molecule has 0 aromatic heterocycles. The van der Waals surface area contributed by atoms with E-state index in [0.29, 0.717) is 40.8 Å². The molecule has 188 valence electrons. The lowest BCUT2D eigenvalue weighted by Gasteiger charge is -2.27. The summed E-state index contributed by atoms with van der Waals surface area (Å²) in [6, 6.07) is 20.0. The van der Waals surface area contributed by atoms with Crippen LogP contribution in [0, 0.1) is 0 Å². The molecule has 0 radical (unpaired) electrons. The van der Waals surface area contributed by atoms with Crippen molar-refractivity contribution in [1.29, 1.82) is 0 Å². The van der Waals surface area contributed by atoms with Crippen LogP contribution in [-0.2, 0) is 4.79 Å². The van der Waals surface area contributed by atoms with Gasteiger partial charge in [0.15, 0.2) is 0 Å². The molecule has 3 aromatic carbocycles. The van der Waals surface area contributed by atoms with Crippen molar-refractivity contribution in [3.8, 4) is 17.2 Å². The van der Waals surface area contributed by atoms with Crippen molar-refractivity contribution in [2.24, 2.45) is 0 Å². The first-order valence-corrected chi connectivity index (χ1v) is 12.9. The van der Waals surface area contributed by atoms with Crippen molar-refractivity contribution >= 4 is 35.0 Å². The number of anilines is 2. The average molecular weight is 507 g/mol. The summed E-state index contributed by atoms with van der Waals surface area (Å²) < 4.78 is 16.6. The molecule has 0 bridgehead atoms. The molecular formula is C28H30N2O5S.